The average molecular weight is 647 g/mol. The molecule has 0 amide bonds. The first-order valence-electron chi connectivity index (χ1n) is 16.6. The zero-order valence-electron chi connectivity index (χ0n) is 27.7. The molecular weight excluding hydrogens is 592 g/mol. The molecule has 240 valence electrons. The molecule has 0 radical (unpaired) electrons. The number of benzene rings is 2. The summed E-state index contributed by atoms with van der Waals surface area (Å²) in [4.78, 5) is 13.0. The third kappa shape index (κ3) is 10.4. The number of carbonyl (C=O) groups excluding carboxylic acids is 1. The first kappa shape index (κ1) is 35.7. The molecule has 1 saturated heterocycles. The predicted octanol–water partition coefficient (Wildman–Crippen LogP) is 10.8. The van der Waals surface area contributed by atoms with Gasteiger partial charge in [-0.2, -0.15) is 0 Å². The first-order chi connectivity index (χ1) is 20.5. The van der Waals surface area contributed by atoms with Crippen LogP contribution in [0.15, 0.2) is 42.5 Å². The van der Waals surface area contributed by atoms with Crippen molar-refractivity contribution in [3.8, 4) is 17.2 Å². The van der Waals surface area contributed by atoms with Gasteiger partial charge < -0.3 is 18.6 Å². The predicted molar refractivity (Wildman–Crippen MR) is 184 cm³/mol. The van der Waals surface area contributed by atoms with E-state index in [0.29, 0.717) is 34.2 Å². The minimum absolute atomic E-state index is 0.157. The van der Waals surface area contributed by atoms with Gasteiger partial charge in [-0.05, 0) is 87.6 Å². The Balaban J connectivity index is 1.60. The summed E-state index contributed by atoms with van der Waals surface area (Å²) in [6.45, 7) is 17.1. The van der Waals surface area contributed by atoms with Gasteiger partial charge in [0.2, 0.25) is 0 Å². The molecule has 8 heteroatoms. The number of hydrogen-bond donors (Lipinski definition) is 0. The lowest BCUT2D eigenvalue weighted by Crippen LogP contribution is -2.66. The molecule has 0 aromatic heterocycles. The number of carbonyl (C=O) groups is 1. The molecule has 3 atom stereocenters. The van der Waals surface area contributed by atoms with Gasteiger partial charge in [0.15, 0.2) is 7.83 Å². The van der Waals surface area contributed by atoms with Gasteiger partial charge in [0, 0.05) is 12.2 Å². The summed E-state index contributed by atoms with van der Waals surface area (Å²) in [5.74, 6) is 1.35. The molecule has 43 heavy (non-hydrogen) atoms. The minimum Gasteiger partial charge on any atom is -0.494 e. The van der Waals surface area contributed by atoms with Crippen LogP contribution < -0.4 is 14.2 Å². The molecule has 0 aliphatic carbocycles. The first-order valence-corrected chi connectivity index (χ1v) is 23.9. The maximum absolute atomic E-state index is 13.0. The van der Waals surface area contributed by atoms with Crippen molar-refractivity contribution in [1.29, 1.82) is 0 Å². The Morgan fingerprint density at radius 3 is 2.21 bits per heavy atom. The molecule has 3 rings (SSSR count). The smallest absolute Gasteiger partial charge is 0.343 e. The highest BCUT2D eigenvalue weighted by molar-refractivity contribution is 7.39. The van der Waals surface area contributed by atoms with E-state index in [2.05, 4.69) is 47.0 Å². The molecule has 1 aliphatic heterocycles. The Hall–Kier alpha value is -1.81. The van der Waals surface area contributed by atoms with Crippen LogP contribution in [0.2, 0.25) is 36.8 Å². The van der Waals surface area contributed by atoms with E-state index in [9.17, 15) is 4.79 Å². The largest absolute Gasteiger partial charge is 0.494 e. The van der Waals surface area contributed by atoms with Gasteiger partial charge in [0.05, 0.1) is 30.9 Å². The number of unbranched alkanes of at least 4 members (excludes halogenated alkanes) is 7. The highest BCUT2D eigenvalue weighted by atomic mass is 35.5. The van der Waals surface area contributed by atoms with E-state index in [-0.39, 0.29) is 12.2 Å². The van der Waals surface area contributed by atoms with Crippen LogP contribution in [0.4, 0.5) is 0 Å². The monoisotopic (exact) mass is 646 g/mol. The van der Waals surface area contributed by atoms with E-state index in [1.54, 1.807) is 30.3 Å². The van der Waals surface area contributed by atoms with Crippen LogP contribution in [-0.2, 0) is 4.43 Å². The van der Waals surface area contributed by atoms with Crippen LogP contribution in [0, 0.1) is 0 Å². The molecule has 1 heterocycles. The third-order valence-electron chi connectivity index (χ3n) is 9.35. The van der Waals surface area contributed by atoms with Crippen molar-refractivity contribution in [2.45, 2.75) is 135 Å². The summed E-state index contributed by atoms with van der Waals surface area (Å²) in [5.41, 5.74) is 0.997. The number of halogens is 1. The summed E-state index contributed by atoms with van der Waals surface area (Å²) in [6.07, 6.45) is 13.4. The number of ether oxygens (including phenoxy) is 3. The Morgan fingerprint density at radius 2 is 1.53 bits per heavy atom. The van der Waals surface area contributed by atoms with E-state index in [4.69, 9.17) is 30.2 Å². The number of hydrogen-bond acceptors (Lipinski definition) is 5. The van der Waals surface area contributed by atoms with Crippen LogP contribution in [-0.4, -0.2) is 40.2 Å². The normalized spacial score (nSPS) is 19.9. The lowest BCUT2D eigenvalue weighted by Gasteiger charge is -2.52. The number of rotatable bonds is 17. The molecule has 2 aromatic carbocycles. The van der Waals surface area contributed by atoms with E-state index >= 15 is 0 Å². The Labute approximate surface area is 267 Å². The highest BCUT2D eigenvalue weighted by Crippen LogP contribution is 2.45. The van der Waals surface area contributed by atoms with Crippen molar-refractivity contribution in [3.63, 3.8) is 0 Å². The molecule has 5 nitrogen and oxygen atoms in total. The molecule has 2 aromatic rings. The maximum atomic E-state index is 13.0. The van der Waals surface area contributed by atoms with Crippen molar-refractivity contribution in [1.82, 2.24) is 0 Å². The van der Waals surface area contributed by atoms with E-state index in [1.807, 2.05) is 12.1 Å². The Kier molecular flexibility index (Phi) is 14.1. The van der Waals surface area contributed by atoms with Crippen LogP contribution in [0.25, 0.3) is 0 Å². The second kappa shape index (κ2) is 17.0. The van der Waals surface area contributed by atoms with Crippen LogP contribution in [0.5, 0.6) is 17.2 Å². The fraction of sp³-hybridized carbons (Fsp3) is 0.629. The van der Waals surface area contributed by atoms with Gasteiger partial charge in [-0.3, -0.25) is 0 Å². The summed E-state index contributed by atoms with van der Waals surface area (Å²) in [6, 6.07) is 12.5. The van der Waals surface area contributed by atoms with Gasteiger partial charge in [0.25, 0.3) is 0 Å². The second-order valence-electron chi connectivity index (χ2n) is 13.3. The van der Waals surface area contributed by atoms with Gasteiger partial charge in [0.1, 0.15) is 17.2 Å². The molecule has 0 saturated carbocycles. The van der Waals surface area contributed by atoms with E-state index in [1.165, 1.54) is 44.9 Å². The fourth-order valence-corrected chi connectivity index (χ4v) is 15.8. The zero-order valence-corrected chi connectivity index (χ0v) is 30.4. The zero-order chi connectivity index (χ0) is 31.5. The molecule has 0 N–H and O–H groups in total. The fourth-order valence-electron chi connectivity index (χ4n) is 6.09. The summed E-state index contributed by atoms with van der Waals surface area (Å²) < 4.78 is 24.8. The Morgan fingerprint density at radius 1 is 0.907 bits per heavy atom. The number of esters is 1. The SMILES string of the molecule is CCCCCCCCOc1ccc(OC(=O)c2ccc(OC(CCCCC)C3CC(C)O[Si](C)(C)[Si]3(C)C)cc2)c(Cl)c1. The quantitative estimate of drug-likeness (QED) is 0.0740. The van der Waals surface area contributed by atoms with Crippen LogP contribution in [0.1, 0.15) is 102 Å². The summed E-state index contributed by atoms with van der Waals surface area (Å²) >= 11 is 6.44. The van der Waals surface area contributed by atoms with Crippen molar-refractivity contribution in [2.24, 2.45) is 0 Å². The Bertz CT molecular complexity index is 1140. The highest BCUT2D eigenvalue weighted by Gasteiger charge is 2.55. The van der Waals surface area contributed by atoms with Crippen LogP contribution >= 0.6 is 11.6 Å². The molecule has 0 bridgehead atoms. The molecule has 1 aliphatic rings. The van der Waals surface area contributed by atoms with Crippen molar-refractivity contribution in [3.05, 3.63) is 53.1 Å². The van der Waals surface area contributed by atoms with Gasteiger partial charge in [-0.25, -0.2) is 4.79 Å². The summed E-state index contributed by atoms with van der Waals surface area (Å²) in [5, 5.41) is 0.354. The van der Waals surface area contributed by atoms with Crippen molar-refractivity contribution >= 4 is 33.0 Å². The molecule has 1 fully saturated rings. The molecular formula is C35H55ClO5Si2. The minimum atomic E-state index is -1.78. The molecule has 3 unspecified atom stereocenters. The van der Waals surface area contributed by atoms with Crippen LogP contribution in [0.3, 0.4) is 0 Å². The van der Waals surface area contributed by atoms with E-state index in [0.717, 1.165) is 31.4 Å². The van der Waals surface area contributed by atoms with E-state index < -0.39 is 21.4 Å². The second-order valence-corrected chi connectivity index (χ2v) is 28.6. The third-order valence-corrected chi connectivity index (χ3v) is 27.0. The van der Waals surface area contributed by atoms with Gasteiger partial charge >= 0.3 is 5.97 Å². The maximum Gasteiger partial charge on any atom is 0.343 e. The molecule has 0 spiro atoms. The average Bonchev–Trinajstić information content (AvgIpc) is 2.95. The lowest BCUT2D eigenvalue weighted by molar-refractivity contribution is 0.0734. The standard InChI is InChI=1S/C35H55ClO5Si2/c1-8-10-12-13-14-16-24-38-30-22-23-32(31(36)26-30)40-35(37)28-18-20-29(21-19-28)39-33(17-15-11-9-2)34-25-27(3)41-43(6,7)42(34,4)5/h18-23,26-27,33-34H,8-17,24-25H2,1-7H3. The van der Waals surface area contributed by atoms with Gasteiger partial charge in [-0.15, -0.1) is 0 Å². The summed E-state index contributed by atoms with van der Waals surface area (Å²) in [7, 11) is -3.45. The van der Waals surface area contributed by atoms with Crippen molar-refractivity contribution < 1.29 is 23.4 Å². The topological polar surface area (TPSA) is 54.0 Å². The van der Waals surface area contributed by atoms with Gasteiger partial charge in [-0.1, -0.05) is 83.5 Å². The lowest BCUT2D eigenvalue weighted by atomic mass is 10.0. The van der Waals surface area contributed by atoms with Crippen molar-refractivity contribution in [2.75, 3.05) is 6.61 Å².